The van der Waals surface area contributed by atoms with Crippen molar-refractivity contribution in [3.63, 3.8) is 0 Å². The van der Waals surface area contributed by atoms with Gasteiger partial charge in [-0.1, -0.05) is 0 Å². The summed E-state index contributed by atoms with van der Waals surface area (Å²) in [5.41, 5.74) is 0. The molecule has 0 aliphatic carbocycles. The highest BCUT2D eigenvalue weighted by Gasteiger charge is 1.86. The van der Waals surface area contributed by atoms with Gasteiger partial charge in [0.1, 0.15) is 0 Å². The molecule has 0 fully saturated rings. The maximum atomic E-state index is 9.19. The second kappa shape index (κ2) is 5.11. The molecular weight excluding hydrogens is 168 g/mol. The minimum Gasteiger partial charge on any atom is -0.502 e. The Bertz CT molecular complexity index is 194. The normalized spacial score (nSPS) is 16.2. The average Bonchev–Trinajstić information content (AvgIpc) is 1.88. The first-order valence-corrected chi connectivity index (χ1v) is 4.68. The van der Waals surface area contributed by atoms with Crippen LogP contribution in [-0.2, 0) is 14.9 Å². The van der Waals surface area contributed by atoms with Gasteiger partial charge in [0.15, 0.2) is 0 Å². The second-order valence-corrected chi connectivity index (χ2v) is 3.15. The second-order valence-electron chi connectivity index (χ2n) is 1.97. The molecule has 0 saturated heterocycles. The van der Waals surface area contributed by atoms with Gasteiger partial charge in [-0.2, -0.15) is 8.42 Å². The first kappa shape index (κ1) is 10.4. The van der Waals surface area contributed by atoms with Crippen molar-refractivity contribution in [3.8, 4) is 0 Å². The largest absolute Gasteiger partial charge is 0.502 e. The van der Waals surface area contributed by atoms with Crippen molar-refractivity contribution in [2.45, 2.75) is 12.8 Å². The van der Waals surface area contributed by atoms with Gasteiger partial charge < -0.3 is 4.74 Å². The lowest BCUT2D eigenvalue weighted by Gasteiger charge is -2.01. The summed E-state index contributed by atoms with van der Waals surface area (Å²) >= 11 is 0. The predicted molar refractivity (Wildman–Crippen MR) is 41.6 cm³/mol. The van der Waals surface area contributed by atoms with E-state index in [0.29, 0.717) is 0 Å². The van der Waals surface area contributed by atoms with Gasteiger partial charge in [-0.15, -0.1) is 0 Å². The van der Waals surface area contributed by atoms with E-state index in [4.69, 9.17) is 4.74 Å². The SMILES string of the molecule is C1=COCCC1.NS(N)(=O)=O. The van der Waals surface area contributed by atoms with E-state index in [2.05, 4.69) is 10.3 Å². The Labute approximate surface area is 66.2 Å². The van der Waals surface area contributed by atoms with E-state index in [1.54, 1.807) is 6.26 Å². The van der Waals surface area contributed by atoms with Crippen LogP contribution in [-0.4, -0.2) is 15.0 Å². The van der Waals surface area contributed by atoms with Crippen molar-refractivity contribution in [2.24, 2.45) is 10.3 Å². The van der Waals surface area contributed by atoms with Crippen LogP contribution in [0.5, 0.6) is 0 Å². The topological polar surface area (TPSA) is 95.4 Å². The third-order valence-electron chi connectivity index (χ3n) is 0.825. The molecular formula is C5H12N2O3S. The van der Waals surface area contributed by atoms with Gasteiger partial charge in [-0.05, 0) is 18.9 Å². The van der Waals surface area contributed by atoms with Crippen LogP contribution in [0.1, 0.15) is 12.8 Å². The summed E-state index contributed by atoms with van der Waals surface area (Å²) in [6.45, 7) is 0.913. The van der Waals surface area contributed by atoms with E-state index >= 15 is 0 Å². The Hall–Kier alpha value is -0.590. The molecule has 1 aliphatic heterocycles. The highest BCUT2D eigenvalue weighted by Crippen LogP contribution is 1.97. The molecule has 1 heterocycles. The lowest BCUT2D eigenvalue weighted by atomic mass is 10.3. The zero-order valence-corrected chi connectivity index (χ0v) is 6.88. The number of rotatable bonds is 0. The zero-order chi connectivity index (χ0) is 8.74. The van der Waals surface area contributed by atoms with E-state index < -0.39 is 10.2 Å². The third-order valence-corrected chi connectivity index (χ3v) is 0.825. The van der Waals surface area contributed by atoms with Crippen LogP contribution in [0.3, 0.4) is 0 Å². The summed E-state index contributed by atoms with van der Waals surface area (Å²) in [4.78, 5) is 0. The van der Waals surface area contributed by atoms with Gasteiger partial charge in [-0.3, -0.25) is 0 Å². The van der Waals surface area contributed by atoms with Crippen LogP contribution < -0.4 is 10.3 Å². The molecule has 5 nitrogen and oxygen atoms in total. The monoisotopic (exact) mass is 180 g/mol. The smallest absolute Gasteiger partial charge is 0.271 e. The molecule has 0 bridgehead atoms. The molecule has 1 aliphatic rings. The zero-order valence-electron chi connectivity index (χ0n) is 6.06. The molecule has 0 saturated carbocycles. The Morgan fingerprint density at radius 2 is 1.91 bits per heavy atom. The van der Waals surface area contributed by atoms with Crippen LogP contribution in [0.2, 0.25) is 0 Å². The maximum absolute atomic E-state index is 9.19. The van der Waals surface area contributed by atoms with Gasteiger partial charge in [0, 0.05) is 0 Å². The highest BCUT2D eigenvalue weighted by atomic mass is 32.2. The molecule has 66 valence electrons. The molecule has 6 heteroatoms. The Morgan fingerprint density at radius 1 is 1.36 bits per heavy atom. The third kappa shape index (κ3) is 17.7. The average molecular weight is 180 g/mol. The number of hydrogen-bond acceptors (Lipinski definition) is 3. The van der Waals surface area contributed by atoms with Gasteiger partial charge in [0.25, 0.3) is 10.2 Å². The van der Waals surface area contributed by atoms with E-state index in [1.165, 1.54) is 12.8 Å². The number of allylic oxidation sites excluding steroid dienone is 1. The van der Waals surface area contributed by atoms with Crippen molar-refractivity contribution < 1.29 is 13.2 Å². The number of hydrogen-bond donors (Lipinski definition) is 2. The summed E-state index contributed by atoms with van der Waals surface area (Å²) in [7, 11) is -3.67. The minimum atomic E-state index is -3.67. The molecule has 0 aromatic rings. The van der Waals surface area contributed by atoms with Gasteiger partial charge in [0.05, 0.1) is 12.9 Å². The molecule has 0 atom stereocenters. The van der Waals surface area contributed by atoms with Crippen LogP contribution in [0.4, 0.5) is 0 Å². The van der Waals surface area contributed by atoms with Gasteiger partial charge in [-0.25, -0.2) is 10.3 Å². The summed E-state index contributed by atoms with van der Waals surface area (Å²) in [5, 5.41) is 8.21. The Morgan fingerprint density at radius 3 is 2.00 bits per heavy atom. The van der Waals surface area contributed by atoms with Crippen LogP contribution in [0.25, 0.3) is 0 Å². The Kier molecular flexibility index (Phi) is 4.84. The van der Waals surface area contributed by atoms with Crippen molar-refractivity contribution in [1.82, 2.24) is 0 Å². The molecule has 0 radical (unpaired) electrons. The van der Waals surface area contributed by atoms with E-state index in [1.807, 2.05) is 6.08 Å². The lowest BCUT2D eigenvalue weighted by Crippen LogP contribution is -2.21. The first-order valence-electron chi connectivity index (χ1n) is 3.07. The van der Waals surface area contributed by atoms with Crippen molar-refractivity contribution in [2.75, 3.05) is 6.61 Å². The molecule has 1 rings (SSSR count). The summed E-state index contributed by atoms with van der Waals surface area (Å²) < 4.78 is 23.3. The molecule has 11 heavy (non-hydrogen) atoms. The quantitative estimate of drug-likeness (QED) is 0.524. The lowest BCUT2D eigenvalue weighted by molar-refractivity contribution is 0.231. The highest BCUT2D eigenvalue weighted by molar-refractivity contribution is 7.86. The van der Waals surface area contributed by atoms with E-state index in [-0.39, 0.29) is 0 Å². The fraction of sp³-hybridized carbons (Fsp3) is 0.600. The summed E-state index contributed by atoms with van der Waals surface area (Å²) in [6, 6.07) is 0. The van der Waals surface area contributed by atoms with Crippen molar-refractivity contribution in [1.29, 1.82) is 0 Å². The molecule has 0 spiro atoms. The predicted octanol–water partition coefficient (Wildman–Crippen LogP) is -0.541. The van der Waals surface area contributed by atoms with Crippen LogP contribution >= 0.6 is 0 Å². The van der Waals surface area contributed by atoms with E-state index in [9.17, 15) is 8.42 Å². The molecule has 0 unspecified atom stereocenters. The molecule has 4 N–H and O–H groups in total. The standard InChI is InChI=1S/C5H8O.H4N2O2S/c1-2-4-6-5-3-1;1-5(2,3)4/h2,4H,1,3,5H2;(H4,1,2,3,4). The Balaban J connectivity index is 0.000000187. The first-order chi connectivity index (χ1) is 5.00. The van der Waals surface area contributed by atoms with Crippen LogP contribution in [0.15, 0.2) is 12.3 Å². The molecule has 0 amide bonds. The maximum Gasteiger partial charge on any atom is 0.271 e. The van der Waals surface area contributed by atoms with E-state index in [0.717, 1.165) is 6.61 Å². The number of ether oxygens (including phenoxy) is 1. The minimum absolute atomic E-state index is 0.913. The van der Waals surface area contributed by atoms with Gasteiger partial charge in [0.2, 0.25) is 0 Å². The number of nitrogens with two attached hydrogens (primary N) is 2. The molecule has 0 aromatic carbocycles. The fourth-order valence-electron chi connectivity index (χ4n) is 0.489. The van der Waals surface area contributed by atoms with Gasteiger partial charge >= 0.3 is 0 Å². The molecule has 0 aromatic heterocycles. The van der Waals surface area contributed by atoms with Crippen LogP contribution in [0, 0.1) is 0 Å². The summed E-state index contributed by atoms with van der Waals surface area (Å²) in [5.74, 6) is 0. The summed E-state index contributed by atoms with van der Waals surface area (Å²) in [6.07, 6.45) is 6.20. The van der Waals surface area contributed by atoms with Crippen molar-refractivity contribution in [3.05, 3.63) is 12.3 Å². The van der Waals surface area contributed by atoms with Crippen molar-refractivity contribution >= 4 is 10.2 Å². The fourth-order valence-corrected chi connectivity index (χ4v) is 0.489.